The van der Waals surface area contributed by atoms with E-state index in [2.05, 4.69) is 10.6 Å². The van der Waals surface area contributed by atoms with Crippen LogP contribution in [-0.2, 0) is 4.79 Å². The fourth-order valence-corrected chi connectivity index (χ4v) is 3.41. The third-order valence-corrected chi connectivity index (χ3v) is 4.90. The summed E-state index contributed by atoms with van der Waals surface area (Å²) in [6.07, 6.45) is -0.206. The molecule has 9 heteroatoms. The SMILES string of the molecule is CCOc1ccc(NC(=O)NC(=O)CN(CC)CC2COc3ccccc3O2)cc1OCC. The summed E-state index contributed by atoms with van der Waals surface area (Å²) in [4.78, 5) is 26.7. The zero-order valence-electron chi connectivity index (χ0n) is 19.3. The van der Waals surface area contributed by atoms with Gasteiger partial charge in [0.05, 0.1) is 19.8 Å². The highest BCUT2D eigenvalue weighted by molar-refractivity contribution is 6.01. The zero-order valence-corrected chi connectivity index (χ0v) is 19.3. The van der Waals surface area contributed by atoms with Gasteiger partial charge in [0.2, 0.25) is 5.91 Å². The summed E-state index contributed by atoms with van der Waals surface area (Å²) >= 11 is 0. The number of fused-ring (bicyclic) bond motifs is 1. The number of nitrogens with one attached hydrogen (secondary N) is 2. The number of carbonyl (C=O) groups excluding carboxylic acids is 2. The molecule has 1 unspecified atom stereocenters. The number of carbonyl (C=O) groups is 2. The van der Waals surface area contributed by atoms with Gasteiger partial charge in [-0.25, -0.2) is 4.79 Å². The summed E-state index contributed by atoms with van der Waals surface area (Å²) in [5.41, 5.74) is 0.492. The maximum absolute atomic E-state index is 12.4. The largest absolute Gasteiger partial charge is 0.490 e. The van der Waals surface area contributed by atoms with Crippen LogP contribution in [0.15, 0.2) is 42.5 Å². The average Bonchev–Trinajstić information content (AvgIpc) is 2.80. The van der Waals surface area contributed by atoms with E-state index in [1.165, 1.54) is 0 Å². The molecule has 2 aromatic rings. The summed E-state index contributed by atoms with van der Waals surface area (Å²) in [6, 6.07) is 11.9. The number of hydrogen-bond donors (Lipinski definition) is 2. The molecule has 0 saturated heterocycles. The van der Waals surface area contributed by atoms with Gasteiger partial charge in [0.25, 0.3) is 0 Å². The smallest absolute Gasteiger partial charge is 0.325 e. The van der Waals surface area contributed by atoms with E-state index in [0.717, 1.165) is 0 Å². The van der Waals surface area contributed by atoms with Crippen molar-refractivity contribution in [2.24, 2.45) is 0 Å². The van der Waals surface area contributed by atoms with Gasteiger partial charge in [0, 0.05) is 18.3 Å². The third kappa shape index (κ3) is 7.01. The number of amides is 3. The molecule has 9 nitrogen and oxygen atoms in total. The lowest BCUT2D eigenvalue weighted by Crippen LogP contribution is -2.46. The van der Waals surface area contributed by atoms with Crippen molar-refractivity contribution in [1.82, 2.24) is 10.2 Å². The van der Waals surface area contributed by atoms with E-state index in [1.54, 1.807) is 18.2 Å². The number of nitrogens with zero attached hydrogens (tertiary/aromatic N) is 1. The molecule has 1 atom stereocenters. The minimum absolute atomic E-state index is 0.0545. The van der Waals surface area contributed by atoms with Crippen LogP contribution < -0.4 is 29.6 Å². The molecule has 0 radical (unpaired) electrons. The lowest BCUT2D eigenvalue weighted by molar-refractivity contribution is -0.121. The van der Waals surface area contributed by atoms with Gasteiger partial charge in [-0.15, -0.1) is 0 Å². The normalized spacial score (nSPS) is 14.5. The van der Waals surface area contributed by atoms with E-state index in [-0.39, 0.29) is 12.6 Å². The Morgan fingerprint density at radius 2 is 1.76 bits per heavy atom. The summed E-state index contributed by atoms with van der Waals surface area (Å²) in [7, 11) is 0. The van der Waals surface area contributed by atoms with Crippen LogP contribution in [0.2, 0.25) is 0 Å². The van der Waals surface area contributed by atoms with Crippen molar-refractivity contribution in [3.05, 3.63) is 42.5 Å². The van der Waals surface area contributed by atoms with Crippen LogP contribution >= 0.6 is 0 Å². The zero-order chi connectivity index (χ0) is 23.6. The highest BCUT2D eigenvalue weighted by Crippen LogP contribution is 2.31. The summed E-state index contributed by atoms with van der Waals surface area (Å²) in [5.74, 6) is 2.11. The van der Waals surface area contributed by atoms with Crippen molar-refractivity contribution in [2.45, 2.75) is 26.9 Å². The molecule has 1 heterocycles. The number of hydrogen-bond acceptors (Lipinski definition) is 7. The Bertz CT molecular complexity index is 952. The van der Waals surface area contributed by atoms with Crippen LogP contribution in [0, 0.1) is 0 Å². The van der Waals surface area contributed by atoms with Crippen molar-refractivity contribution in [1.29, 1.82) is 0 Å². The molecule has 0 bridgehead atoms. The second-order valence-electron chi connectivity index (χ2n) is 7.36. The number of urea groups is 1. The van der Waals surface area contributed by atoms with Crippen molar-refractivity contribution in [3.63, 3.8) is 0 Å². The molecule has 0 spiro atoms. The van der Waals surface area contributed by atoms with E-state index >= 15 is 0 Å². The first-order valence-electron chi connectivity index (χ1n) is 11.1. The summed E-state index contributed by atoms with van der Waals surface area (Å²) in [6.45, 7) is 8.22. The molecule has 0 saturated carbocycles. The molecule has 0 aliphatic carbocycles. The molecule has 2 N–H and O–H groups in total. The first kappa shape index (κ1) is 24.2. The van der Waals surface area contributed by atoms with Crippen LogP contribution in [-0.4, -0.2) is 62.4 Å². The molecule has 0 fully saturated rings. The molecular formula is C24H31N3O6. The van der Waals surface area contributed by atoms with Gasteiger partial charge < -0.3 is 24.3 Å². The van der Waals surface area contributed by atoms with Crippen molar-refractivity contribution >= 4 is 17.6 Å². The molecule has 3 rings (SSSR count). The fourth-order valence-electron chi connectivity index (χ4n) is 3.41. The van der Waals surface area contributed by atoms with Crippen molar-refractivity contribution in [2.75, 3.05) is 44.8 Å². The quantitative estimate of drug-likeness (QED) is 0.565. The second kappa shape index (κ2) is 12.0. The molecular weight excluding hydrogens is 426 g/mol. The van der Waals surface area contributed by atoms with Crippen LogP contribution in [0.4, 0.5) is 10.5 Å². The van der Waals surface area contributed by atoms with E-state index in [9.17, 15) is 9.59 Å². The first-order chi connectivity index (χ1) is 16.0. The minimum Gasteiger partial charge on any atom is -0.490 e. The maximum Gasteiger partial charge on any atom is 0.325 e. The van der Waals surface area contributed by atoms with Gasteiger partial charge in [0.15, 0.2) is 23.0 Å². The third-order valence-electron chi connectivity index (χ3n) is 4.90. The van der Waals surface area contributed by atoms with E-state index < -0.39 is 11.9 Å². The van der Waals surface area contributed by atoms with E-state index in [0.29, 0.717) is 61.6 Å². The number of rotatable bonds is 10. The van der Waals surface area contributed by atoms with Gasteiger partial charge in [-0.2, -0.15) is 0 Å². The predicted molar refractivity (Wildman–Crippen MR) is 124 cm³/mol. The Kier molecular flexibility index (Phi) is 8.77. The molecule has 2 aromatic carbocycles. The molecule has 3 amide bonds. The van der Waals surface area contributed by atoms with Gasteiger partial charge >= 0.3 is 6.03 Å². The average molecular weight is 458 g/mol. The van der Waals surface area contributed by atoms with Gasteiger partial charge in [-0.05, 0) is 44.7 Å². The Hall–Kier alpha value is -3.46. The maximum atomic E-state index is 12.4. The Labute approximate surface area is 193 Å². The molecule has 1 aliphatic heterocycles. The Morgan fingerprint density at radius 1 is 1.03 bits per heavy atom. The standard InChI is InChI=1S/C24H31N3O6/c1-4-27(14-18-16-32-19-9-7-8-10-21(19)33-18)15-23(28)26-24(29)25-17-11-12-20(30-5-2)22(13-17)31-6-3/h7-13,18H,4-6,14-16H2,1-3H3,(H2,25,26,28,29). The molecule has 178 valence electrons. The number of benzene rings is 2. The molecule has 1 aliphatic rings. The van der Waals surface area contributed by atoms with E-state index in [1.807, 2.05) is 49.9 Å². The first-order valence-corrected chi connectivity index (χ1v) is 11.1. The van der Waals surface area contributed by atoms with E-state index in [4.69, 9.17) is 18.9 Å². The monoisotopic (exact) mass is 457 g/mol. The molecule has 0 aromatic heterocycles. The highest BCUT2D eigenvalue weighted by Gasteiger charge is 2.24. The van der Waals surface area contributed by atoms with Crippen LogP contribution in [0.1, 0.15) is 20.8 Å². The summed E-state index contributed by atoms with van der Waals surface area (Å²) in [5, 5.41) is 5.02. The molecule has 33 heavy (non-hydrogen) atoms. The van der Waals surface area contributed by atoms with Gasteiger partial charge in [-0.3, -0.25) is 15.0 Å². The number of para-hydroxylation sites is 2. The summed E-state index contributed by atoms with van der Waals surface area (Å²) < 4.78 is 22.8. The van der Waals surface area contributed by atoms with Crippen molar-refractivity contribution in [3.8, 4) is 23.0 Å². The Morgan fingerprint density at radius 3 is 2.48 bits per heavy atom. The predicted octanol–water partition coefficient (Wildman–Crippen LogP) is 3.29. The number of ether oxygens (including phenoxy) is 4. The lowest BCUT2D eigenvalue weighted by Gasteiger charge is -2.30. The minimum atomic E-state index is -0.617. The lowest BCUT2D eigenvalue weighted by atomic mass is 10.2. The Balaban J connectivity index is 1.50. The number of imide groups is 1. The highest BCUT2D eigenvalue weighted by atomic mass is 16.6. The fraction of sp³-hybridized carbons (Fsp3) is 0.417. The van der Waals surface area contributed by atoms with Crippen LogP contribution in [0.25, 0.3) is 0 Å². The van der Waals surface area contributed by atoms with Gasteiger partial charge in [0.1, 0.15) is 12.7 Å². The van der Waals surface area contributed by atoms with Crippen LogP contribution in [0.3, 0.4) is 0 Å². The topological polar surface area (TPSA) is 98.4 Å². The number of anilines is 1. The van der Waals surface area contributed by atoms with Gasteiger partial charge in [-0.1, -0.05) is 19.1 Å². The number of likely N-dealkylation sites (N-methyl/N-ethyl adjacent to an activating group) is 1. The second-order valence-corrected chi connectivity index (χ2v) is 7.36. The van der Waals surface area contributed by atoms with Crippen LogP contribution in [0.5, 0.6) is 23.0 Å². The van der Waals surface area contributed by atoms with Crippen molar-refractivity contribution < 1.29 is 28.5 Å².